The van der Waals surface area contributed by atoms with Gasteiger partial charge in [0, 0.05) is 10.6 Å². The maximum absolute atomic E-state index is 12.9. The maximum Gasteiger partial charge on any atom is 0.322 e. The van der Waals surface area contributed by atoms with Gasteiger partial charge in [-0.2, -0.15) is 4.31 Å². The van der Waals surface area contributed by atoms with Gasteiger partial charge in [0.15, 0.2) is 0 Å². The van der Waals surface area contributed by atoms with E-state index in [1.807, 2.05) is 13.8 Å². The molecule has 118 valence electrons. The van der Waals surface area contributed by atoms with Crippen LogP contribution in [0.3, 0.4) is 0 Å². The number of nitrogens with zero attached hydrogens (tertiary/aromatic N) is 1. The zero-order valence-corrected chi connectivity index (χ0v) is 15.8. The number of carboxylic acids is 1. The van der Waals surface area contributed by atoms with Gasteiger partial charge < -0.3 is 5.11 Å². The van der Waals surface area contributed by atoms with Gasteiger partial charge in [0.25, 0.3) is 0 Å². The highest BCUT2D eigenvalue weighted by molar-refractivity contribution is 9.11. The molecule has 1 N–H and O–H groups in total. The minimum absolute atomic E-state index is 0.0384. The minimum atomic E-state index is -3.82. The van der Waals surface area contributed by atoms with Gasteiger partial charge in [0.2, 0.25) is 10.0 Å². The molecule has 2 atom stereocenters. The number of rotatable bonds is 4. The Kier molecular flexibility index (Phi) is 5.09. The van der Waals surface area contributed by atoms with Crippen molar-refractivity contribution in [3.63, 3.8) is 0 Å². The molecular weight excluding hydrogens is 398 g/mol. The molecule has 0 aromatic carbocycles. The van der Waals surface area contributed by atoms with E-state index in [1.54, 1.807) is 13.0 Å². The molecule has 1 aliphatic rings. The van der Waals surface area contributed by atoms with Crippen LogP contribution in [0.15, 0.2) is 14.7 Å². The maximum atomic E-state index is 12.9. The number of aryl methyl sites for hydroxylation is 1. The summed E-state index contributed by atoms with van der Waals surface area (Å²) in [7, 11) is -3.82. The van der Waals surface area contributed by atoms with E-state index in [2.05, 4.69) is 15.9 Å². The largest absolute Gasteiger partial charge is 0.480 e. The van der Waals surface area contributed by atoms with Crippen LogP contribution in [-0.4, -0.2) is 41.0 Å². The molecule has 9 heteroatoms. The van der Waals surface area contributed by atoms with Gasteiger partial charge in [0.1, 0.15) is 6.04 Å². The van der Waals surface area contributed by atoms with Crippen molar-refractivity contribution in [1.82, 2.24) is 4.31 Å². The molecule has 2 rings (SSSR count). The summed E-state index contributed by atoms with van der Waals surface area (Å²) in [4.78, 5) is 12.3. The van der Waals surface area contributed by atoms with E-state index in [1.165, 1.54) is 27.4 Å². The third-order valence-electron chi connectivity index (χ3n) is 3.24. The first-order valence-electron chi connectivity index (χ1n) is 6.30. The van der Waals surface area contributed by atoms with Crippen LogP contribution >= 0.6 is 39.0 Å². The van der Waals surface area contributed by atoms with Gasteiger partial charge >= 0.3 is 5.97 Å². The van der Waals surface area contributed by atoms with Crippen LogP contribution in [0.5, 0.6) is 0 Å². The van der Waals surface area contributed by atoms with Crippen LogP contribution in [0.1, 0.15) is 18.7 Å². The smallest absolute Gasteiger partial charge is 0.322 e. The average molecular weight is 414 g/mol. The van der Waals surface area contributed by atoms with Crippen LogP contribution in [0.4, 0.5) is 0 Å². The fourth-order valence-electron chi connectivity index (χ4n) is 2.29. The number of hydrogen-bond acceptors (Lipinski definition) is 5. The van der Waals surface area contributed by atoms with Crippen LogP contribution in [0, 0.1) is 12.8 Å². The molecule has 21 heavy (non-hydrogen) atoms. The molecule has 0 aliphatic carbocycles. The average Bonchev–Trinajstić information content (AvgIpc) is 2.93. The monoisotopic (exact) mass is 413 g/mol. The molecule has 1 saturated heterocycles. The number of thioether (sulfide) groups is 1. The topological polar surface area (TPSA) is 74.7 Å². The summed E-state index contributed by atoms with van der Waals surface area (Å²) < 4.78 is 27.8. The molecular formula is C12H16BrNO4S3. The first kappa shape index (κ1) is 17.3. The Hall–Kier alpha value is -0.0900. The van der Waals surface area contributed by atoms with Crippen LogP contribution < -0.4 is 0 Å². The second-order valence-electron chi connectivity index (χ2n) is 5.13. The van der Waals surface area contributed by atoms with Crippen molar-refractivity contribution in [1.29, 1.82) is 0 Å². The fraction of sp³-hybridized carbons (Fsp3) is 0.583. The van der Waals surface area contributed by atoms with Crippen molar-refractivity contribution in [2.24, 2.45) is 5.92 Å². The number of aliphatic carboxylic acids is 1. The van der Waals surface area contributed by atoms with Gasteiger partial charge in [0.05, 0.1) is 14.1 Å². The van der Waals surface area contributed by atoms with Gasteiger partial charge in [-0.25, -0.2) is 8.42 Å². The molecule has 2 heterocycles. The summed E-state index contributed by atoms with van der Waals surface area (Å²) in [5.74, 6) is -0.778. The lowest BCUT2D eigenvalue weighted by atomic mass is 10.2. The summed E-state index contributed by atoms with van der Waals surface area (Å²) in [6.07, 6.45) is 0. The lowest BCUT2D eigenvalue weighted by Gasteiger charge is -2.28. The Morgan fingerprint density at radius 1 is 1.52 bits per heavy atom. The molecule has 1 aliphatic heterocycles. The van der Waals surface area contributed by atoms with Crippen molar-refractivity contribution in [3.8, 4) is 0 Å². The van der Waals surface area contributed by atoms with Crippen molar-refractivity contribution in [2.45, 2.75) is 37.1 Å². The SMILES string of the molecule is Cc1sc(Br)cc1S(=O)(=O)N1C(C(=O)O)CSC1C(C)C. The minimum Gasteiger partial charge on any atom is -0.480 e. The number of halogens is 1. The van der Waals surface area contributed by atoms with E-state index in [-0.39, 0.29) is 21.9 Å². The number of sulfonamides is 1. The molecule has 0 spiro atoms. The van der Waals surface area contributed by atoms with E-state index in [4.69, 9.17) is 0 Å². The van der Waals surface area contributed by atoms with Crippen molar-refractivity contribution in [2.75, 3.05) is 5.75 Å². The predicted molar refractivity (Wildman–Crippen MR) is 88.3 cm³/mol. The van der Waals surface area contributed by atoms with E-state index in [0.29, 0.717) is 4.88 Å². The normalized spacial score (nSPS) is 23.9. The van der Waals surface area contributed by atoms with Crippen molar-refractivity contribution >= 4 is 55.0 Å². The standard InChI is InChI=1S/C12H16BrNO4S3/c1-6(2)11-14(8(5-19-11)12(15)16)21(17,18)9-4-10(13)20-7(9)3/h4,6,8,11H,5H2,1-3H3,(H,15,16). The van der Waals surface area contributed by atoms with E-state index in [9.17, 15) is 18.3 Å². The van der Waals surface area contributed by atoms with E-state index >= 15 is 0 Å². The lowest BCUT2D eigenvalue weighted by molar-refractivity contribution is -0.140. The number of hydrogen-bond donors (Lipinski definition) is 1. The Balaban J connectivity index is 2.53. The number of carbonyl (C=O) groups is 1. The molecule has 2 unspecified atom stereocenters. The third-order valence-corrected chi connectivity index (χ3v) is 8.69. The molecule has 0 radical (unpaired) electrons. The predicted octanol–water partition coefficient (Wildman–Crippen LogP) is 2.99. The van der Waals surface area contributed by atoms with Gasteiger partial charge in [-0.1, -0.05) is 13.8 Å². The van der Waals surface area contributed by atoms with Gasteiger partial charge in [-0.3, -0.25) is 4.79 Å². The zero-order chi connectivity index (χ0) is 15.9. The van der Waals surface area contributed by atoms with Crippen molar-refractivity contribution < 1.29 is 18.3 Å². The summed E-state index contributed by atoms with van der Waals surface area (Å²) in [6.45, 7) is 5.54. The highest BCUT2D eigenvalue weighted by Crippen LogP contribution is 2.40. The highest BCUT2D eigenvalue weighted by atomic mass is 79.9. The highest BCUT2D eigenvalue weighted by Gasteiger charge is 2.48. The summed E-state index contributed by atoms with van der Waals surface area (Å²) >= 11 is 6.00. The summed E-state index contributed by atoms with van der Waals surface area (Å²) in [6, 6.07) is 0.541. The molecule has 5 nitrogen and oxygen atoms in total. The second kappa shape index (κ2) is 6.19. The Labute approximate surface area is 140 Å². The molecule has 1 aromatic rings. The van der Waals surface area contributed by atoms with Gasteiger partial charge in [-0.05, 0) is 34.8 Å². The molecule has 1 aromatic heterocycles. The zero-order valence-electron chi connectivity index (χ0n) is 11.7. The van der Waals surface area contributed by atoms with Crippen molar-refractivity contribution in [3.05, 3.63) is 14.7 Å². The second-order valence-corrected chi connectivity index (χ2v) is 10.7. The molecule has 1 fully saturated rings. The molecule has 0 saturated carbocycles. The Morgan fingerprint density at radius 3 is 2.57 bits per heavy atom. The molecule has 0 bridgehead atoms. The molecule has 0 amide bonds. The fourth-order valence-corrected chi connectivity index (χ4v) is 8.39. The van der Waals surface area contributed by atoms with Crippen LogP contribution in [0.25, 0.3) is 0 Å². The summed E-state index contributed by atoms with van der Waals surface area (Å²) in [5, 5.41) is 8.99. The Bertz CT molecular complexity index is 655. The number of thiophene rings is 1. The van der Waals surface area contributed by atoms with Crippen LogP contribution in [0.2, 0.25) is 0 Å². The third kappa shape index (κ3) is 3.17. The quantitative estimate of drug-likeness (QED) is 0.820. The first-order valence-corrected chi connectivity index (χ1v) is 10.4. The summed E-state index contributed by atoms with van der Waals surface area (Å²) in [5.41, 5.74) is 0. The van der Waals surface area contributed by atoms with E-state index in [0.717, 1.165) is 3.79 Å². The Morgan fingerprint density at radius 2 is 2.14 bits per heavy atom. The lowest BCUT2D eigenvalue weighted by Crippen LogP contribution is -2.47. The van der Waals surface area contributed by atoms with Crippen LogP contribution in [-0.2, 0) is 14.8 Å². The number of carboxylic acid groups (broad SMARTS) is 1. The first-order chi connectivity index (χ1) is 9.66. The van der Waals surface area contributed by atoms with E-state index < -0.39 is 22.0 Å². The van der Waals surface area contributed by atoms with Gasteiger partial charge in [-0.15, -0.1) is 23.1 Å².